The van der Waals surface area contributed by atoms with Gasteiger partial charge in [-0.1, -0.05) is 28.8 Å². The number of rotatable bonds is 2. The van der Waals surface area contributed by atoms with Gasteiger partial charge in [0.05, 0.1) is 0 Å². The topological polar surface area (TPSA) is 35.2 Å². The van der Waals surface area contributed by atoms with Crippen molar-refractivity contribution in [1.82, 2.24) is 0 Å². The van der Waals surface area contributed by atoms with Crippen molar-refractivity contribution in [3.63, 3.8) is 0 Å². The standard InChI is InChI=1S/C14H18BrNO/c1-14(7-9-2-3-9)8-12(16)11-6-10(15)4-5-13(11)17-14/h4-6,9,12H,2-3,7-8,16H2,1H3/t12-,14?/m0/s1. The molecule has 2 N–H and O–H groups in total. The Balaban J connectivity index is 1.88. The minimum absolute atomic E-state index is 0.0680. The summed E-state index contributed by atoms with van der Waals surface area (Å²) in [5, 5.41) is 0. The van der Waals surface area contributed by atoms with Crippen molar-refractivity contribution in [2.75, 3.05) is 0 Å². The average Bonchev–Trinajstić information content (AvgIpc) is 3.03. The Labute approximate surface area is 111 Å². The van der Waals surface area contributed by atoms with Gasteiger partial charge in [0.15, 0.2) is 0 Å². The molecule has 1 unspecified atom stereocenters. The van der Waals surface area contributed by atoms with Gasteiger partial charge in [0, 0.05) is 22.5 Å². The minimum Gasteiger partial charge on any atom is -0.487 e. The summed E-state index contributed by atoms with van der Waals surface area (Å²) in [5.41, 5.74) is 7.35. The normalized spacial score (nSPS) is 31.8. The second kappa shape index (κ2) is 3.99. The highest BCUT2D eigenvalue weighted by Crippen LogP contribution is 2.46. The molecule has 2 atom stereocenters. The second-order valence-corrected chi connectivity index (χ2v) is 6.61. The van der Waals surface area contributed by atoms with Crippen LogP contribution in [0.5, 0.6) is 5.75 Å². The van der Waals surface area contributed by atoms with E-state index in [9.17, 15) is 0 Å². The van der Waals surface area contributed by atoms with Gasteiger partial charge in [0.1, 0.15) is 11.4 Å². The molecule has 17 heavy (non-hydrogen) atoms. The first-order valence-corrected chi connectivity index (χ1v) is 7.09. The predicted octanol–water partition coefficient (Wildman–Crippen LogP) is 3.79. The molecule has 3 rings (SSSR count). The van der Waals surface area contributed by atoms with Crippen molar-refractivity contribution in [3.05, 3.63) is 28.2 Å². The summed E-state index contributed by atoms with van der Waals surface area (Å²) in [4.78, 5) is 0. The number of halogens is 1. The zero-order valence-electron chi connectivity index (χ0n) is 10.1. The van der Waals surface area contributed by atoms with E-state index in [-0.39, 0.29) is 11.6 Å². The molecule has 0 radical (unpaired) electrons. The molecule has 0 aromatic heterocycles. The van der Waals surface area contributed by atoms with Gasteiger partial charge in [-0.25, -0.2) is 0 Å². The molecule has 0 amide bonds. The van der Waals surface area contributed by atoms with Gasteiger partial charge in [0.2, 0.25) is 0 Å². The Hall–Kier alpha value is -0.540. The van der Waals surface area contributed by atoms with Crippen LogP contribution in [0.15, 0.2) is 22.7 Å². The Kier molecular flexibility index (Phi) is 2.71. The maximum atomic E-state index is 6.29. The summed E-state index contributed by atoms with van der Waals surface area (Å²) < 4.78 is 7.27. The van der Waals surface area contributed by atoms with Crippen LogP contribution in [0.3, 0.4) is 0 Å². The van der Waals surface area contributed by atoms with E-state index >= 15 is 0 Å². The maximum Gasteiger partial charge on any atom is 0.124 e. The second-order valence-electron chi connectivity index (χ2n) is 5.69. The van der Waals surface area contributed by atoms with Crippen molar-refractivity contribution in [2.45, 2.75) is 44.2 Å². The molecule has 0 bridgehead atoms. The fraction of sp³-hybridized carbons (Fsp3) is 0.571. The summed E-state index contributed by atoms with van der Waals surface area (Å²) in [6, 6.07) is 6.23. The van der Waals surface area contributed by atoms with Crippen LogP contribution in [0.2, 0.25) is 0 Å². The first-order valence-electron chi connectivity index (χ1n) is 6.30. The third kappa shape index (κ3) is 2.36. The SMILES string of the molecule is CC1(CC2CC2)C[C@H](N)c2cc(Br)ccc2O1. The van der Waals surface area contributed by atoms with E-state index in [0.717, 1.165) is 34.5 Å². The highest BCUT2D eigenvalue weighted by atomic mass is 79.9. The number of ether oxygens (including phenoxy) is 1. The molecular formula is C14H18BrNO. The van der Waals surface area contributed by atoms with E-state index in [0.29, 0.717) is 0 Å². The van der Waals surface area contributed by atoms with Crippen LogP contribution in [-0.2, 0) is 0 Å². The van der Waals surface area contributed by atoms with Gasteiger partial charge in [-0.15, -0.1) is 0 Å². The molecule has 1 saturated carbocycles. The molecule has 1 heterocycles. The van der Waals surface area contributed by atoms with E-state index in [1.807, 2.05) is 12.1 Å². The predicted molar refractivity (Wildman–Crippen MR) is 72.1 cm³/mol. The highest BCUT2D eigenvalue weighted by Gasteiger charge is 2.40. The van der Waals surface area contributed by atoms with Crippen molar-refractivity contribution in [3.8, 4) is 5.75 Å². The Morgan fingerprint density at radius 2 is 2.24 bits per heavy atom. The van der Waals surface area contributed by atoms with Gasteiger partial charge in [-0.3, -0.25) is 0 Å². The van der Waals surface area contributed by atoms with Crippen molar-refractivity contribution in [1.29, 1.82) is 0 Å². The Bertz CT molecular complexity index is 444. The molecule has 2 nitrogen and oxygen atoms in total. The van der Waals surface area contributed by atoms with Crippen molar-refractivity contribution >= 4 is 15.9 Å². The largest absolute Gasteiger partial charge is 0.487 e. The summed E-state index contributed by atoms with van der Waals surface area (Å²) >= 11 is 3.49. The number of hydrogen-bond donors (Lipinski definition) is 1. The smallest absolute Gasteiger partial charge is 0.124 e. The van der Waals surface area contributed by atoms with Crippen LogP contribution in [0.25, 0.3) is 0 Å². The van der Waals surface area contributed by atoms with Crippen molar-refractivity contribution < 1.29 is 4.74 Å². The minimum atomic E-state index is -0.0680. The van der Waals surface area contributed by atoms with Gasteiger partial charge >= 0.3 is 0 Å². The molecule has 1 aromatic carbocycles. The summed E-state index contributed by atoms with van der Waals surface area (Å²) in [6.45, 7) is 2.20. The van der Waals surface area contributed by atoms with E-state index < -0.39 is 0 Å². The number of fused-ring (bicyclic) bond motifs is 1. The van der Waals surface area contributed by atoms with Crippen molar-refractivity contribution in [2.24, 2.45) is 11.7 Å². The lowest BCUT2D eigenvalue weighted by molar-refractivity contribution is 0.0402. The Morgan fingerprint density at radius 1 is 1.47 bits per heavy atom. The van der Waals surface area contributed by atoms with E-state index in [1.54, 1.807) is 0 Å². The molecule has 0 saturated heterocycles. The molecule has 1 aliphatic carbocycles. The summed E-state index contributed by atoms with van der Waals surface area (Å²) in [7, 11) is 0. The van der Waals surface area contributed by atoms with Crippen LogP contribution in [0.1, 0.15) is 44.2 Å². The molecule has 1 fully saturated rings. The molecule has 2 aliphatic rings. The van der Waals surface area contributed by atoms with Gasteiger partial charge in [-0.2, -0.15) is 0 Å². The lowest BCUT2D eigenvalue weighted by Gasteiger charge is -2.39. The van der Waals surface area contributed by atoms with Crippen LogP contribution in [-0.4, -0.2) is 5.60 Å². The molecule has 1 aromatic rings. The monoisotopic (exact) mass is 295 g/mol. The van der Waals surface area contributed by atoms with Crippen LogP contribution in [0.4, 0.5) is 0 Å². The number of nitrogens with two attached hydrogens (primary N) is 1. The molecule has 3 heteroatoms. The molecule has 1 aliphatic heterocycles. The van der Waals surface area contributed by atoms with E-state index in [1.165, 1.54) is 12.8 Å². The number of benzene rings is 1. The quantitative estimate of drug-likeness (QED) is 0.901. The molecule has 92 valence electrons. The zero-order chi connectivity index (χ0) is 12.0. The van der Waals surface area contributed by atoms with E-state index in [4.69, 9.17) is 10.5 Å². The van der Waals surface area contributed by atoms with E-state index in [2.05, 4.69) is 28.9 Å². The first-order chi connectivity index (χ1) is 8.06. The lowest BCUT2D eigenvalue weighted by atomic mass is 9.85. The highest BCUT2D eigenvalue weighted by molar-refractivity contribution is 9.10. The van der Waals surface area contributed by atoms with Crippen LogP contribution in [0, 0.1) is 5.92 Å². The van der Waals surface area contributed by atoms with Crippen LogP contribution < -0.4 is 10.5 Å². The summed E-state index contributed by atoms with van der Waals surface area (Å²) in [6.07, 6.45) is 4.80. The maximum absolute atomic E-state index is 6.29. The fourth-order valence-corrected chi connectivity index (χ4v) is 3.22. The third-order valence-corrected chi connectivity index (χ3v) is 4.29. The van der Waals surface area contributed by atoms with Gasteiger partial charge in [0.25, 0.3) is 0 Å². The first kappa shape index (κ1) is 11.5. The Morgan fingerprint density at radius 3 is 2.94 bits per heavy atom. The molecule has 0 spiro atoms. The van der Waals surface area contributed by atoms with Gasteiger partial charge in [-0.05, 0) is 37.5 Å². The molecular weight excluding hydrogens is 278 g/mol. The third-order valence-electron chi connectivity index (χ3n) is 3.80. The summed E-state index contributed by atoms with van der Waals surface area (Å²) in [5.74, 6) is 1.83. The zero-order valence-corrected chi connectivity index (χ0v) is 11.7. The lowest BCUT2D eigenvalue weighted by Crippen LogP contribution is -2.40. The van der Waals surface area contributed by atoms with Gasteiger partial charge < -0.3 is 10.5 Å². The average molecular weight is 296 g/mol. The fourth-order valence-electron chi connectivity index (χ4n) is 2.84. The number of hydrogen-bond acceptors (Lipinski definition) is 2. The van der Waals surface area contributed by atoms with Crippen LogP contribution >= 0.6 is 15.9 Å².